The van der Waals surface area contributed by atoms with Gasteiger partial charge in [-0.3, -0.25) is 9.69 Å². The maximum absolute atomic E-state index is 13.4. The highest BCUT2D eigenvalue weighted by Gasteiger charge is 2.22. The van der Waals surface area contributed by atoms with Crippen molar-refractivity contribution in [2.75, 3.05) is 13.1 Å². The molecule has 3 aromatic carbocycles. The monoisotopic (exact) mass is 467 g/mol. The van der Waals surface area contributed by atoms with E-state index in [0.29, 0.717) is 0 Å². The molecule has 0 aliphatic rings. The fraction of sp³-hybridized carbons (Fsp3) is 0.444. The van der Waals surface area contributed by atoms with Gasteiger partial charge in [-0.05, 0) is 66.5 Å². The van der Waals surface area contributed by atoms with Gasteiger partial charge in [0, 0.05) is 10.0 Å². The highest BCUT2D eigenvalue weighted by Crippen LogP contribution is 2.32. The maximum atomic E-state index is 13.4. The molecule has 0 aromatic heterocycles. The summed E-state index contributed by atoms with van der Waals surface area (Å²) in [6.45, 7) is 8.56. The van der Waals surface area contributed by atoms with Crippen molar-refractivity contribution in [2.45, 2.75) is 65.3 Å². The van der Waals surface area contributed by atoms with E-state index in [0.717, 1.165) is 46.7 Å². The summed E-state index contributed by atoms with van der Waals surface area (Å²) >= 11 is 3.69. The van der Waals surface area contributed by atoms with E-state index in [-0.39, 0.29) is 11.8 Å². The zero-order valence-corrected chi connectivity index (χ0v) is 20.2. The SMILES string of the molecule is CCCCCN(CCCCC)[C@@H](C)C(=O)c1ccc2cc(Br)c3ccccc3c2c1. The van der Waals surface area contributed by atoms with Gasteiger partial charge in [-0.2, -0.15) is 0 Å². The summed E-state index contributed by atoms with van der Waals surface area (Å²) < 4.78 is 1.09. The Hall–Kier alpha value is -1.71. The van der Waals surface area contributed by atoms with E-state index in [1.54, 1.807) is 0 Å². The van der Waals surface area contributed by atoms with E-state index in [2.05, 4.69) is 84.1 Å². The minimum Gasteiger partial charge on any atom is -0.294 e. The minimum atomic E-state index is -0.0853. The van der Waals surface area contributed by atoms with Crippen molar-refractivity contribution in [3.8, 4) is 0 Å². The molecule has 3 aromatic rings. The number of halogens is 1. The third-order valence-electron chi connectivity index (χ3n) is 6.12. The van der Waals surface area contributed by atoms with Crippen molar-refractivity contribution in [3.05, 3.63) is 58.6 Å². The molecule has 0 spiro atoms. The van der Waals surface area contributed by atoms with E-state index in [4.69, 9.17) is 0 Å². The summed E-state index contributed by atoms with van der Waals surface area (Å²) in [5.74, 6) is 0.233. The number of hydrogen-bond donors (Lipinski definition) is 0. The van der Waals surface area contributed by atoms with Gasteiger partial charge in [0.25, 0.3) is 0 Å². The normalized spacial score (nSPS) is 12.7. The number of benzene rings is 3. The lowest BCUT2D eigenvalue weighted by atomic mass is 9.96. The van der Waals surface area contributed by atoms with Crippen LogP contribution < -0.4 is 0 Å². The van der Waals surface area contributed by atoms with Crippen LogP contribution in [0.15, 0.2) is 53.0 Å². The lowest BCUT2D eigenvalue weighted by molar-refractivity contribution is 0.0832. The fourth-order valence-corrected chi connectivity index (χ4v) is 4.84. The number of hydrogen-bond acceptors (Lipinski definition) is 2. The number of unbranched alkanes of at least 4 members (excludes halogenated alkanes) is 4. The van der Waals surface area contributed by atoms with Gasteiger partial charge < -0.3 is 0 Å². The molecule has 1 atom stereocenters. The third-order valence-corrected chi connectivity index (χ3v) is 6.78. The summed E-state index contributed by atoms with van der Waals surface area (Å²) in [6.07, 6.45) is 7.19. The Bertz CT molecular complexity index is 987. The first-order valence-electron chi connectivity index (χ1n) is 11.5. The van der Waals surface area contributed by atoms with Crippen molar-refractivity contribution in [1.82, 2.24) is 4.90 Å². The molecule has 0 heterocycles. The highest BCUT2D eigenvalue weighted by molar-refractivity contribution is 9.10. The Labute approximate surface area is 189 Å². The second-order valence-corrected chi connectivity index (χ2v) is 9.18. The number of rotatable bonds is 11. The van der Waals surface area contributed by atoms with E-state index in [9.17, 15) is 4.79 Å². The van der Waals surface area contributed by atoms with Gasteiger partial charge in [-0.1, -0.05) is 91.9 Å². The number of carbonyl (C=O) groups excluding carboxylic acids is 1. The predicted octanol–water partition coefficient (Wildman–Crippen LogP) is 8.01. The molecule has 0 saturated carbocycles. The molecule has 0 unspecified atom stereocenters. The molecular formula is C27H34BrNO. The average molecular weight is 468 g/mol. The largest absolute Gasteiger partial charge is 0.294 e. The van der Waals surface area contributed by atoms with Crippen LogP contribution in [-0.4, -0.2) is 29.8 Å². The summed E-state index contributed by atoms with van der Waals surface area (Å²) in [7, 11) is 0. The van der Waals surface area contributed by atoms with Gasteiger partial charge in [0.15, 0.2) is 5.78 Å². The van der Waals surface area contributed by atoms with E-state index >= 15 is 0 Å². The van der Waals surface area contributed by atoms with Gasteiger partial charge in [0.1, 0.15) is 0 Å². The molecule has 30 heavy (non-hydrogen) atoms. The predicted molar refractivity (Wildman–Crippen MR) is 134 cm³/mol. The third kappa shape index (κ3) is 5.31. The lowest BCUT2D eigenvalue weighted by Gasteiger charge is -2.28. The van der Waals surface area contributed by atoms with Gasteiger partial charge in [-0.25, -0.2) is 0 Å². The van der Waals surface area contributed by atoms with Gasteiger partial charge in [0.05, 0.1) is 6.04 Å². The van der Waals surface area contributed by atoms with E-state index < -0.39 is 0 Å². The molecule has 0 saturated heterocycles. The van der Waals surface area contributed by atoms with Crippen LogP contribution in [0.4, 0.5) is 0 Å². The van der Waals surface area contributed by atoms with Crippen molar-refractivity contribution < 1.29 is 4.79 Å². The lowest BCUT2D eigenvalue weighted by Crippen LogP contribution is -2.40. The first-order valence-corrected chi connectivity index (χ1v) is 12.2. The van der Waals surface area contributed by atoms with Crippen molar-refractivity contribution in [1.29, 1.82) is 0 Å². The molecule has 0 aliphatic carbocycles. The minimum absolute atomic E-state index is 0.0853. The molecular weight excluding hydrogens is 434 g/mol. The highest BCUT2D eigenvalue weighted by atomic mass is 79.9. The van der Waals surface area contributed by atoms with Crippen LogP contribution in [-0.2, 0) is 0 Å². The number of ketones is 1. The van der Waals surface area contributed by atoms with Crippen LogP contribution >= 0.6 is 15.9 Å². The number of fused-ring (bicyclic) bond motifs is 3. The van der Waals surface area contributed by atoms with Crippen molar-refractivity contribution in [3.63, 3.8) is 0 Å². The Morgan fingerprint density at radius 3 is 2.13 bits per heavy atom. The van der Waals surface area contributed by atoms with Crippen LogP contribution in [0.25, 0.3) is 21.5 Å². The standard InChI is InChI=1S/C27H34BrNO/c1-4-6-10-16-29(17-11-7-5-2)20(3)27(30)22-15-14-21-19-26(28)24-13-9-8-12-23(24)25(21)18-22/h8-9,12-15,18-20H,4-7,10-11,16-17H2,1-3H3/t20-/m0/s1. The second-order valence-electron chi connectivity index (χ2n) is 8.33. The number of nitrogens with zero attached hydrogens (tertiary/aromatic N) is 1. The smallest absolute Gasteiger partial charge is 0.179 e. The Kier molecular flexibility index (Phi) is 8.47. The molecule has 3 rings (SSSR count). The molecule has 0 fully saturated rings. The summed E-state index contributed by atoms with van der Waals surface area (Å²) in [5.41, 5.74) is 0.818. The number of Topliss-reactive ketones (excluding diaryl/α,β-unsaturated/α-hetero) is 1. The summed E-state index contributed by atoms with van der Waals surface area (Å²) in [4.78, 5) is 15.8. The van der Waals surface area contributed by atoms with Gasteiger partial charge in [0.2, 0.25) is 0 Å². The molecule has 2 nitrogen and oxygen atoms in total. The quantitative estimate of drug-likeness (QED) is 0.161. The number of carbonyl (C=O) groups is 1. The molecule has 0 aliphatic heterocycles. The van der Waals surface area contributed by atoms with Gasteiger partial charge in [-0.15, -0.1) is 0 Å². The Morgan fingerprint density at radius 2 is 1.50 bits per heavy atom. The molecule has 0 amide bonds. The summed E-state index contributed by atoms with van der Waals surface area (Å²) in [5, 5.41) is 4.68. The van der Waals surface area contributed by atoms with Crippen molar-refractivity contribution >= 4 is 43.3 Å². The fourth-order valence-electron chi connectivity index (χ4n) is 4.25. The molecule has 0 bridgehead atoms. The summed E-state index contributed by atoms with van der Waals surface area (Å²) in [6, 6.07) is 16.6. The molecule has 0 radical (unpaired) electrons. The van der Waals surface area contributed by atoms with Crippen LogP contribution in [0.1, 0.15) is 69.7 Å². The Balaban J connectivity index is 1.89. The van der Waals surface area contributed by atoms with E-state index in [1.807, 2.05) is 6.07 Å². The zero-order chi connectivity index (χ0) is 21.5. The van der Waals surface area contributed by atoms with Crippen LogP contribution in [0.5, 0.6) is 0 Å². The Morgan fingerprint density at radius 1 is 0.867 bits per heavy atom. The second kappa shape index (κ2) is 11.1. The first kappa shape index (κ1) is 23.0. The van der Waals surface area contributed by atoms with Crippen LogP contribution in [0, 0.1) is 0 Å². The van der Waals surface area contributed by atoms with Crippen LogP contribution in [0.2, 0.25) is 0 Å². The maximum Gasteiger partial charge on any atom is 0.179 e. The zero-order valence-electron chi connectivity index (χ0n) is 18.6. The average Bonchev–Trinajstić information content (AvgIpc) is 2.77. The van der Waals surface area contributed by atoms with E-state index in [1.165, 1.54) is 36.5 Å². The topological polar surface area (TPSA) is 20.3 Å². The van der Waals surface area contributed by atoms with Crippen LogP contribution in [0.3, 0.4) is 0 Å². The van der Waals surface area contributed by atoms with Crippen molar-refractivity contribution in [2.24, 2.45) is 0 Å². The molecule has 160 valence electrons. The first-order chi connectivity index (χ1) is 14.6. The molecule has 0 N–H and O–H groups in total. The molecule has 3 heteroatoms. The van der Waals surface area contributed by atoms with Gasteiger partial charge >= 0.3 is 0 Å².